The maximum atomic E-state index is 12.9. The molecule has 0 aliphatic rings. The summed E-state index contributed by atoms with van der Waals surface area (Å²) in [6.45, 7) is 1.52. The van der Waals surface area contributed by atoms with Crippen molar-refractivity contribution in [3.63, 3.8) is 0 Å². The molecule has 3 rings (SSSR count). The number of carbonyl (C=O) groups excluding carboxylic acids is 2. The van der Waals surface area contributed by atoms with Crippen LogP contribution in [-0.2, 0) is 0 Å². The molecule has 0 N–H and O–H groups in total. The fraction of sp³-hybridized carbons (Fsp3) is 0.0909. The molecule has 0 aliphatic carbocycles. The van der Waals surface area contributed by atoms with E-state index < -0.39 is 6.10 Å². The zero-order valence-electron chi connectivity index (χ0n) is 13.9. The highest BCUT2D eigenvalue weighted by atomic mass is 16.5. The molecule has 1 atom stereocenters. The summed E-state index contributed by atoms with van der Waals surface area (Å²) in [5.41, 5.74) is 1.99. The molecule has 0 heterocycles. The van der Waals surface area contributed by atoms with Crippen LogP contribution in [0.2, 0.25) is 0 Å². The minimum Gasteiger partial charge on any atom is -0.478 e. The predicted octanol–water partition coefficient (Wildman–Crippen LogP) is 4.89. The number of ketones is 2. The van der Waals surface area contributed by atoms with Gasteiger partial charge in [-0.25, -0.2) is 0 Å². The van der Waals surface area contributed by atoms with E-state index in [-0.39, 0.29) is 11.6 Å². The van der Waals surface area contributed by atoms with E-state index in [4.69, 9.17) is 4.74 Å². The second-order valence-corrected chi connectivity index (χ2v) is 5.72. The van der Waals surface area contributed by atoms with E-state index in [0.717, 1.165) is 5.56 Å². The minimum atomic E-state index is -0.744. The molecular weight excluding hydrogens is 312 g/mol. The van der Waals surface area contributed by atoms with Crippen molar-refractivity contribution < 1.29 is 14.3 Å². The molecule has 3 aromatic rings. The third kappa shape index (κ3) is 4.01. The van der Waals surface area contributed by atoms with Crippen LogP contribution in [-0.4, -0.2) is 11.6 Å². The monoisotopic (exact) mass is 330 g/mol. The molecule has 0 radical (unpaired) electrons. The lowest BCUT2D eigenvalue weighted by Gasteiger charge is -2.19. The molecule has 3 heteroatoms. The number of hydrogen-bond acceptors (Lipinski definition) is 3. The molecule has 0 saturated carbocycles. The van der Waals surface area contributed by atoms with E-state index in [1.54, 1.807) is 36.4 Å². The summed E-state index contributed by atoms with van der Waals surface area (Å²) < 4.78 is 5.99. The zero-order chi connectivity index (χ0) is 17.6. The largest absolute Gasteiger partial charge is 0.478 e. The van der Waals surface area contributed by atoms with Gasteiger partial charge in [0.1, 0.15) is 5.75 Å². The molecular formula is C22H18O3. The highest BCUT2D eigenvalue weighted by Crippen LogP contribution is 2.26. The Bertz CT molecular complexity index is 853. The molecule has 0 spiro atoms. The van der Waals surface area contributed by atoms with Crippen LogP contribution >= 0.6 is 0 Å². The number of ether oxygens (including phenoxy) is 1. The van der Waals surface area contributed by atoms with Gasteiger partial charge in [0, 0.05) is 16.7 Å². The van der Waals surface area contributed by atoms with Crippen LogP contribution in [0.25, 0.3) is 0 Å². The van der Waals surface area contributed by atoms with Crippen molar-refractivity contribution in [1.29, 1.82) is 0 Å². The first-order valence-electron chi connectivity index (χ1n) is 8.07. The Balaban J connectivity index is 1.92. The third-order valence-corrected chi connectivity index (χ3v) is 3.91. The van der Waals surface area contributed by atoms with Crippen molar-refractivity contribution in [2.24, 2.45) is 0 Å². The van der Waals surface area contributed by atoms with Gasteiger partial charge in [-0.1, -0.05) is 60.7 Å². The molecule has 0 bridgehead atoms. The van der Waals surface area contributed by atoms with Gasteiger partial charge >= 0.3 is 0 Å². The van der Waals surface area contributed by atoms with Gasteiger partial charge in [0.05, 0.1) is 0 Å². The fourth-order valence-electron chi connectivity index (χ4n) is 2.56. The number of rotatable bonds is 6. The van der Waals surface area contributed by atoms with Crippen LogP contribution in [0.15, 0.2) is 84.9 Å². The zero-order valence-corrected chi connectivity index (χ0v) is 13.9. The number of hydrogen-bond donors (Lipinski definition) is 0. The lowest BCUT2D eigenvalue weighted by molar-refractivity contribution is 0.0792. The number of Topliss-reactive ketones (excluding diaryl/α,β-unsaturated/α-hetero) is 2. The highest BCUT2D eigenvalue weighted by Gasteiger charge is 2.24. The van der Waals surface area contributed by atoms with Gasteiger partial charge in [-0.3, -0.25) is 9.59 Å². The van der Waals surface area contributed by atoms with Crippen LogP contribution in [0.5, 0.6) is 5.75 Å². The summed E-state index contributed by atoms with van der Waals surface area (Å²) >= 11 is 0. The average molecular weight is 330 g/mol. The van der Waals surface area contributed by atoms with Gasteiger partial charge in [0.15, 0.2) is 11.9 Å². The fourth-order valence-corrected chi connectivity index (χ4v) is 2.56. The Labute approximate surface area is 146 Å². The van der Waals surface area contributed by atoms with Crippen LogP contribution in [0.1, 0.15) is 39.3 Å². The van der Waals surface area contributed by atoms with Crippen molar-refractivity contribution in [2.45, 2.75) is 13.0 Å². The summed E-state index contributed by atoms with van der Waals surface area (Å²) in [6, 6.07) is 25.3. The molecule has 124 valence electrons. The minimum absolute atomic E-state index is 0.00785. The van der Waals surface area contributed by atoms with Gasteiger partial charge in [0.2, 0.25) is 5.78 Å². The Morgan fingerprint density at radius 2 is 1.28 bits per heavy atom. The maximum absolute atomic E-state index is 12.9. The van der Waals surface area contributed by atoms with Gasteiger partial charge in [-0.05, 0) is 31.2 Å². The topological polar surface area (TPSA) is 43.4 Å². The van der Waals surface area contributed by atoms with E-state index >= 15 is 0 Å². The lowest BCUT2D eigenvalue weighted by Crippen LogP contribution is -2.19. The molecule has 0 aliphatic heterocycles. The molecule has 0 amide bonds. The molecule has 0 fully saturated rings. The van der Waals surface area contributed by atoms with Gasteiger partial charge in [-0.15, -0.1) is 0 Å². The second-order valence-electron chi connectivity index (χ2n) is 5.72. The molecule has 0 saturated heterocycles. The van der Waals surface area contributed by atoms with E-state index in [1.165, 1.54) is 6.92 Å². The molecule has 0 aromatic heterocycles. The molecule has 3 aromatic carbocycles. The summed E-state index contributed by atoms with van der Waals surface area (Å²) in [5.74, 6) is 0.428. The van der Waals surface area contributed by atoms with Crippen LogP contribution in [0.3, 0.4) is 0 Å². The van der Waals surface area contributed by atoms with Crippen molar-refractivity contribution in [1.82, 2.24) is 0 Å². The van der Waals surface area contributed by atoms with Gasteiger partial charge in [-0.2, -0.15) is 0 Å². The quantitative estimate of drug-likeness (QED) is 0.604. The summed E-state index contributed by atoms with van der Waals surface area (Å²) in [6.07, 6.45) is -0.744. The second kappa shape index (κ2) is 7.58. The molecule has 3 nitrogen and oxygen atoms in total. The third-order valence-electron chi connectivity index (χ3n) is 3.91. The van der Waals surface area contributed by atoms with E-state index in [9.17, 15) is 9.59 Å². The van der Waals surface area contributed by atoms with Crippen molar-refractivity contribution in [3.8, 4) is 5.75 Å². The normalized spacial score (nSPS) is 11.6. The van der Waals surface area contributed by atoms with Gasteiger partial charge < -0.3 is 4.74 Å². The first-order valence-corrected chi connectivity index (χ1v) is 8.07. The average Bonchev–Trinajstić information content (AvgIpc) is 2.67. The summed E-state index contributed by atoms with van der Waals surface area (Å²) in [4.78, 5) is 24.3. The first kappa shape index (κ1) is 16.7. The van der Waals surface area contributed by atoms with Crippen molar-refractivity contribution >= 4 is 11.6 Å². The Hall–Kier alpha value is -3.20. The Morgan fingerprint density at radius 1 is 0.720 bits per heavy atom. The molecule has 25 heavy (non-hydrogen) atoms. The van der Waals surface area contributed by atoms with E-state index in [0.29, 0.717) is 16.9 Å². The number of benzene rings is 3. The first-order chi connectivity index (χ1) is 12.1. The van der Waals surface area contributed by atoms with Crippen molar-refractivity contribution in [3.05, 3.63) is 102 Å². The van der Waals surface area contributed by atoms with E-state index in [2.05, 4.69) is 0 Å². The van der Waals surface area contributed by atoms with Crippen molar-refractivity contribution in [2.75, 3.05) is 0 Å². The molecule has 0 unspecified atom stereocenters. The maximum Gasteiger partial charge on any atom is 0.207 e. The Kier molecular flexibility index (Phi) is 5.05. The van der Waals surface area contributed by atoms with Crippen LogP contribution in [0, 0.1) is 0 Å². The smallest absolute Gasteiger partial charge is 0.207 e. The van der Waals surface area contributed by atoms with Gasteiger partial charge in [0.25, 0.3) is 0 Å². The SMILES string of the molecule is CC(=O)c1ccc(O[C@H](C(=O)c2ccccc2)c2ccccc2)cc1. The lowest BCUT2D eigenvalue weighted by atomic mass is 10.00. The van der Waals surface area contributed by atoms with E-state index in [1.807, 2.05) is 48.5 Å². The number of carbonyl (C=O) groups is 2. The highest BCUT2D eigenvalue weighted by molar-refractivity contribution is 6.00. The van der Waals surface area contributed by atoms with Crippen LogP contribution < -0.4 is 4.74 Å². The van der Waals surface area contributed by atoms with Crippen LogP contribution in [0.4, 0.5) is 0 Å². The standard InChI is InChI=1S/C22H18O3/c1-16(23)17-12-14-20(15-13-17)25-22(19-10-6-3-7-11-19)21(24)18-8-4-2-5-9-18/h2-15,22H,1H3/t22-/m0/s1. The summed E-state index contributed by atoms with van der Waals surface area (Å²) in [5, 5.41) is 0. The summed E-state index contributed by atoms with van der Waals surface area (Å²) in [7, 11) is 0. The Morgan fingerprint density at radius 3 is 1.84 bits per heavy atom. The predicted molar refractivity (Wildman–Crippen MR) is 97.0 cm³/mol.